The normalized spacial score (nSPS) is 16.6. The third-order valence-corrected chi connectivity index (χ3v) is 4.79. The van der Waals surface area contributed by atoms with E-state index in [0.29, 0.717) is 10.8 Å². The zero-order valence-electron chi connectivity index (χ0n) is 11.1. The van der Waals surface area contributed by atoms with Gasteiger partial charge in [-0.3, -0.25) is 0 Å². The van der Waals surface area contributed by atoms with E-state index in [1.165, 1.54) is 22.5 Å². The van der Waals surface area contributed by atoms with Crippen LogP contribution in [-0.2, 0) is 6.42 Å². The van der Waals surface area contributed by atoms with Crippen molar-refractivity contribution in [1.29, 1.82) is 5.26 Å². The Morgan fingerprint density at radius 2 is 2.14 bits per heavy atom. The Morgan fingerprint density at radius 3 is 3.00 bits per heavy atom. The minimum Gasteiger partial charge on any atom is -0.333 e. The molecule has 0 fully saturated rings. The van der Waals surface area contributed by atoms with Gasteiger partial charge in [0.2, 0.25) is 0 Å². The zero-order chi connectivity index (χ0) is 14.2. The molecule has 1 aliphatic rings. The molecule has 5 heteroatoms. The van der Waals surface area contributed by atoms with Crippen LogP contribution in [0.2, 0.25) is 0 Å². The second-order valence-electron chi connectivity index (χ2n) is 5.02. The van der Waals surface area contributed by atoms with E-state index >= 15 is 0 Å². The Hall–Kier alpha value is -2.45. The summed E-state index contributed by atoms with van der Waals surface area (Å²) in [5.74, 6) is 1.46. The molecule has 0 radical (unpaired) electrons. The van der Waals surface area contributed by atoms with Crippen LogP contribution >= 0.6 is 11.3 Å². The Balaban J connectivity index is 1.68. The van der Waals surface area contributed by atoms with Gasteiger partial charge in [0, 0.05) is 5.92 Å². The molecular weight excluding hydrogens is 282 g/mol. The molecule has 4 rings (SSSR count). The second kappa shape index (κ2) is 4.83. The Morgan fingerprint density at radius 1 is 1.24 bits per heavy atom. The minimum absolute atomic E-state index is 0.217. The van der Waals surface area contributed by atoms with Crippen molar-refractivity contribution in [1.82, 2.24) is 10.1 Å². The van der Waals surface area contributed by atoms with Gasteiger partial charge in [-0.2, -0.15) is 10.2 Å². The van der Waals surface area contributed by atoms with Crippen molar-refractivity contribution in [3.63, 3.8) is 0 Å². The first-order chi connectivity index (χ1) is 10.3. The molecule has 1 unspecified atom stereocenters. The van der Waals surface area contributed by atoms with E-state index in [0.717, 1.165) is 23.5 Å². The minimum atomic E-state index is 0.217. The van der Waals surface area contributed by atoms with Crippen LogP contribution in [0.15, 0.2) is 40.9 Å². The molecule has 3 aromatic rings. The highest BCUT2D eigenvalue weighted by atomic mass is 32.1. The molecule has 4 nitrogen and oxygen atoms in total. The van der Waals surface area contributed by atoms with E-state index in [1.807, 2.05) is 6.07 Å². The highest BCUT2D eigenvalue weighted by Crippen LogP contribution is 2.37. The molecule has 21 heavy (non-hydrogen) atoms. The maximum absolute atomic E-state index is 8.88. The predicted octanol–water partition coefficient (Wildman–Crippen LogP) is 3.75. The third kappa shape index (κ3) is 2.05. The Bertz CT molecular complexity index is 843. The molecule has 0 N–H and O–H groups in total. The van der Waals surface area contributed by atoms with Crippen molar-refractivity contribution in [3.05, 3.63) is 58.2 Å². The van der Waals surface area contributed by atoms with Crippen LogP contribution in [0.3, 0.4) is 0 Å². The summed E-state index contributed by atoms with van der Waals surface area (Å²) in [7, 11) is 0. The summed E-state index contributed by atoms with van der Waals surface area (Å²) >= 11 is 1.37. The van der Waals surface area contributed by atoms with Gasteiger partial charge in [0.15, 0.2) is 5.82 Å². The van der Waals surface area contributed by atoms with E-state index in [9.17, 15) is 0 Å². The average molecular weight is 293 g/mol. The van der Waals surface area contributed by atoms with E-state index in [4.69, 9.17) is 9.78 Å². The molecule has 2 heterocycles. The van der Waals surface area contributed by atoms with E-state index < -0.39 is 0 Å². The predicted molar refractivity (Wildman–Crippen MR) is 78.9 cm³/mol. The number of rotatable bonds is 2. The molecule has 1 aliphatic carbocycles. The summed E-state index contributed by atoms with van der Waals surface area (Å²) < 4.78 is 5.38. The van der Waals surface area contributed by atoms with Crippen LogP contribution in [0.5, 0.6) is 0 Å². The summed E-state index contributed by atoms with van der Waals surface area (Å²) in [4.78, 5) is 6.03. The molecular formula is C16H11N3OS. The average Bonchev–Trinajstić information content (AvgIpc) is 3.24. The number of hydrogen-bond donors (Lipinski definition) is 0. The monoisotopic (exact) mass is 293 g/mol. The second-order valence-corrected chi connectivity index (χ2v) is 6.11. The molecule has 1 atom stereocenters. The summed E-state index contributed by atoms with van der Waals surface area (Å²) in [6, 6.07) is 14.2. The van der Waals surface area contributed by atoms with Crippen molar-refractivity contribution in [2.75, 3.05) is 0 Å². The largest absolute Gasteiger partial charge is 0.333 e. The lowest BCUT2D eigenvalue weighted by atomic mass is 10.0. The number of aryl methyl sites for hydroxylation is 1. The Labute approximate surface area is 125 Å². The number of nitriles is 1. The number of thiophene rings is 1. The lowest BCUT2D eigenvalue weighted by Crippen LogP contribution is -1.98. The van der Waals surface area contributed by atoms with E-state index in [-0.39, 0.29) is 5.92 Å². The van der Waals surface area contributed by atoms with Crippen molar-refractivity contribution in [3.8, 4) is 16.8 Å². The Kier molecular flexibility index (Phi) is 2.83. The van der Waals surface area contributed by atoms with Crippen molar-refractivity contribution in [2.24, 2.45) is 0 Å². The van der Waals surface area contributed by atoms with Crippen molar-refractivity contribution < 1.29 is 4.52 Å². The van der Waals surface area contributed by atoms with Crippen LogP contribution < -0.4 is 0 Å². The van der Waals surface area contributed by atoms with Gasteiger partial charge >= 0.3 is 0 Å². The number of aromatic nitrogens is 2. The fourth-order valence-electron chi connectivity index (χ4n) is 2.81. The molecule has 0 aliphatic heterocycles. The first-order valence-corrected chi connectivity index (χ1v) is 7.58. The molecule has 1 aromatic carbocycles. The van der Waals surface area contributed by atoms with Gasteiger partial charge in [-0.15, -0.1) is 11.3 Å². The van der Waals surface area contributed by atoms with Crippen LogP contribution in [-0.4, -0.2) is 10.1 Å². The highest BCUT2D eigenvalue weighted by molar-refractivity contribution is 7.15. The van der Waals surface area contributed by atoms with Gasteiger partial charge in [0.25, 0.3) is 5.89 Å². The summed E-state index contributed by atoms with van der Waals surface area (Å²) in [5, 5.41) is 13.0. The fourth-order valence-corrected chi connectivity index (χ4v) is 3.54. The standard InChI is InChI=1S/C16H11N3OS/c17-9-11-6-8-14(21-11)16-18-15(19-20-16)13-7-5-10-3-1-2-4-12(10)13/h1-4,6,8,13H,5,7H2. The number of nitrogens with zero attached hydrogens (tertiary/aromatic N) is 3. The molecule has 0 amide bonds. The molecule has 0 saturated carbocycles. The lowest BCUT2D eigenvalue weighted by Gasteiger charge is -2.05. The number of fused-ring (bicyclic) bond motifs is 1. The van der Waals surface area contributed by atoms with Gasteiger partial charge in [0.05, 0.1) is 4.88 Å². The molecule has 102 valence electrons. The topological polar surface area (TPSA) is 62.7 Å². The van der Waals surface area contributed by atoms with Crippen LogP contribution in [0.1, 0.15) is 34.2 Å². The molecule has 0 bridgehead atoms. The summed E-state index contributed by atoms with van der Waals surface area (Å²) in [5.41, 5.74) is 2.67. The van der Waals surface area contributed by atoms with E-state index in [2.05, 4.69) is 40.5 Å². The number of benzene rings is 1. The molecule has 0 spiro atoms. The molecule has 0 saturated heterocycles. The maximum Gasteiger partial charge on any atom is 0.268 e. The quantitative estimate of drug-likeness (QED) is 0.722. The first-order valence-electron chi connectivity index (χ1n) is 6.77. The van der Waals surface area contributed by atoms with Gasteiger partial charge in [-0.1, -0.05) is 29.4 Å². The maximum atomic E-state index is 8.88. The number of hydrogen-bond acceptors (Lipinski definition) is 5. The molecule has 2 aromatic heterocycles. The smallest absolute Gasteiger partial charge is 0.268 e. The first kappa shape index (κ1) is 12.3. The van der Waals surface area contributed by atoms with Crippen LogP contribution in [0.25, 0.3) is 10.8 Å². The fraction of sp³-hybridized carbons (Fsp3) is 0.188. The van der Waals surface area contributed by atoms with Gasteiger partial charge in [-0.05, 0) is 36.1 Å². The van der Waals surface area contributed by atoms with Gasteiger partial charge in [-0.25, -0.2) is 0 Å². The zero-order valence-corrected chi connectivity index (χ0v) is 11.9. The van der Waals surface area contributed by atoms with Crippen LogP contribution in [0.4, 0.5) is 0 Å². The van der Waals surface area contributed by atoms with Crippen LogP contribution in [0, 0.1) is 11.3 Å². The van der Waals surface area contributed by atoms with Crippen molar-refractivity contribution >= 4 is 11.3 Å². The summed E-state index contributed by atoms with van der Waals surface area (Å²) in [6.45, 7) is 0. The van der Waals surface area contributed by atoms with E-state index in [1.54, 1.807) is 6.07 Å². The third-order valence-electron chi connectivity index (χ3n) is 3.81. The highest BCUT2D eigenvalue weighted by Gasteiger charge is 2.28. The summed E-state index contributed by atoms with van der Waals surface area (Å²) in [6.07, 6.45) is 2.08. The van der Waals surface area contributed by atoms with Gasteiger partial charge in [0.1, 0.15) is 10.9 Å². The van der Waals surface area contributed by atoms with Crippen molar-refractivity contribution in [2.45, 2.75) is 18.8 Å². The van der Waals surface area contributed by atoms with Gasteiger partial charge < -0.3 is 4.52 Å². The lowest BCUT2D eigenvalue weighted by molar-refractivity contribution is 0.419. The SMILES string of the molecule is N#Cc1ccc(-c2nc(C3CCc4ccccc43)no2)s1.